The van der Waals surface area contributed by atoms with Gasteiger partial charge in [0.05, 0.1) is 23.8 Å². The number of aromatic nitrogens is 2. The first-order valence-electron chi connectivity index (χ1n) is 11.6. The Labute approximate surface area is 205 Å². The summed E-state index contributed by atoms with van der Waals surface area (Å²) in [6.45, 7) is 5.76. The van der Waals surface area contributed by atoms with E-state index in [1.165, 1.54) is 32.3 Å². The van der Waals surface area contributed by atoms with Gasteiger partial charge in [0.2, 0.25) is 5.88 Å². The molecule has 1 aromatic heterocycles. The molecule has 1 heterocycles. The maximum Gasteiger partial charge on any atom is 0.232 e. The second-order valence-corrected chi connectivity index (χ2v) is 11.7. The number of hydrogen-bond acceptors (Lipinski definition) is 7. The highest BCUT2D eigenvalue weighted by molar-refractivity contribution is 7.93. The summed E-state index contributed by atoms with van der Waals surface area (Å²) in [5, 5.41) is 11.4. The zero-order valence-corrected chi connectivity index (χ0v) is 21.3. The summed E-state index contributed by atoms with van der Waals surface area (Å²) < 4.78 is 57.0. The van der Waals surface area contributed by atoms with Gasteiger partial charge in [0, 0.05) is 11.4 Å². The van der Waals surface area contributed by atoms with Gasteiger partial charge in [0.1, 0.15) is 29.5 Å². The van der Waals surface area contributed by atoms with Crippen LogP contribution in [0.5, 0.6) is 5.88 Å². The predicted molar refractivity (Wildman–Crippen MR) is 134 cm³/mol. The number of anilines is 1. The number of ether oxygens (including phenoxy) is 1. The quantitative estimate of drug-likeness (QED) is 0.378. The Balaban J connectivity index is 1.82. The van der Waals surface area contributed by atoms with Crippen LogP contribution in [-0.2, 0) is 9.84 Å². The Kier molecular flexibility index (Phi) is 8.25. The molecule has 190 valence electrons. The number of alkyl halides is 1. The van der Waals surface area contributed by atoms with Gasteiger partial charge in [-0.3, -0.25) is 0 Å². The first-order chi connectivity index (χ1) is 16.5. The molecule has 3 rings (SSSR count). The predicted octanol–water partition coefficient (Wildman–Crippen LogP) is 5.31. The van der Waals surface area contributed by atoms with Crippen LogP contribution in [-0.4, -0.2) is 47.9 Å². The Hall–Kier alpha value is -2.88. The van der Waals surface area contributed by atoms with E-state index in [0.717, 1.165) is 24.1 Å². The highest BCUT2D eigenvalue weighted by Gasteiger charge is 2.39. The van der Waals surface area contributed by atoms with Crippen LogP contribution in [0.3, 0.4) is 0 Å². The van der Waals surface area contributed by atoms with Crippen molar-refractivity contribution in [1.29, 1.82) is 5.41 Å². The molecule has 1 atom stereocenters. The topological polar surface area (TPSA) is 105 Å². The average Bonchev–Trinajstić information content (AvgIpc) is 3.66. The maximum atomic E-state index is 14.8. The molecule has 0 amide bonds. The number of nitrogens with one attached hydrogen (secondary N) is 2. The number of sulfone groups is 1. The highest BCUT2D eigenvalue weighted by atomic mass is 32.2. The first-order valence-corrected chi connectivity index (χ1v) is 13.2. The maximum absolute atomic E-state index is 14.8. The van der Waals surface area contributed by atoms with Crippen molar-refractivity contribution in [3.63, 3.8) is 0 Å². The van der Waals surface area contributed by atoms with Crippen LogP contribution in [0.4, 0.5) is 14.5 Å². The number of allylic oxidation sites excluding steroid dienone is 1. The van der Waals surface area contributed by atoms with Crippen molar-refractivity contribution >= 4 is 26.9 Å². The summed E-state index contributed by atoms with van der Waals surface area (Å²) in [7, 11) is -3.70. The Morgan fingerprint density at radius 2 is 1.97 bits per heavy atom. The second-order valence-electron chi connectivity index (χ2n) is 9.14. The molecule has 1 aliphatic carbocycles. The van der Waals surface area contributed by atoms with E-state index in [1.807, 2.05) is 0 Å². The number of nitrogens with zero attached hydrogens (tertiary/aromatic N) is 2. The molecule has 0 aliphatic heterocycles. The third-order valence-corrected chi connectivity index (χ3v) is 8.93. The van der Waals surface area contributed by atoms with Gasteiger partial charge in [-0.05, 0) is 68.4 Å². The Bertz CT molecular complexity index is 1210. The van der Waals surface area contributed by atoms with Gasteiger partial charge in [-0.25, -0.2) is 27.2 Å². The van der Waals surface area contributed by atoms with Crippen LogP contribution in [0.25, 0.3) is 5.70 Å². The third kappa shape index (κ3) is 6.22. The fourth-order valence-electron chi connectivity index (χ4n) is 3.69. The van der Waals surface area contributed by atoms with Crippen molar-refractivity contribution < 1.29 is 21.9 Å². The van der Waals surface area contributed by atoms with Crippen molar-refractivity contribution in [2.75, 3.05) is 24.4 Å². The largest absolute Gasteiger partial charge is 0.474 e. The van der Waals surface area contributed by atoms with Crippen molar-refractivity contribution in [1.82, 2.24) is 9.97 Å². The Morgan fingerprint density at radius 3 is 2.54 bits per heavy atom. The fourth-order valence-corrected chi connectivity index (χ4v) is 5.47. The van der Waals surface area contributed by atoms with E-state index in [9.17, 15) is 17.2 Å². The van der Waals surface area contributed by atoms with Gasteiger partial charge < -0.3 is 15.5 Å². The van der Waals surface area contributed by atoms with Gasteiger partial charge in [-0.15, -0.1) is 0 Å². The van der Waals surface area contributed by atoms with E-state index in [4.69, 9.17) is 10.1 Å². The number of rotatable bonds is 12. The number of hydrogen-bond donors (Lipinski definition) is 2. The van der Waals surface area contributed by atoms with Gasteiger partial charge in [0.15, 0.2) is 9.84 Å². The lowest BCUT2D eigenvalue weighted by molar-refractivity contribution is 0.263. The minimum atomic E-state index is -3.70. The molecule has 1 aliphatic rings. The minimum Gasteiger partial charge on any atom is -0.474 e. The molecule has 35 heavy (non-hydrogen) atoms. The lowest BCUT2D eigenvalue weighted by atomic mass is 10.0. The first kappa shape index (κ1) is 26.7. The average molecular weight is 507 g/mol. The summed E-state index contributed by atoms with van der Waals surface area (Å²) in [6.07, 6.45) is 5.08. The molecule has 1 aromatic carbocycles. The standard InChI is InChI=1S/C25H32F2N4O3S/c1-5-22(28)25(3,4)35(32,33)15-16(2)19-12-18(8-9-20(19)27)31-24(17-6-7-17)21-13-30-23(14-29-21)34-11-10-26/h8-9,12-14,16,28,31H,5-7,10-11,15H2,1-4H3/t16-/m0/s1. The van der Waals surface area contributed by atoms with Gasteiger partial charge in [-0.1, -0.05) is 13.8 Å². The van der Waals surface area contributed by atoms with E-state index >= 15 is 0 Å². The molecular weight excluding hydrogens is 474 g/mol. The molecular formula is C25H32F2N4O3S. The van der Waals surface area contributed by atoms with E-state index < -0.39 is 33.0 Å². The van der Waals surface area contributed by atoms with Crippen LogP contribution in [0.2, 0.25) is 0 Å². The molecule has 0 saturated heterocycles. The molecule has 2 N–H and O–H groups in total. The van der Waals surface area contributed by atoms with Crippen molar-refractivity contribution in [3.05, 3.63) is 53.2 Å². The Morgan fingerprint density at radius 1 is 1.26 bits per heavy atom. The molecule has 10 heteroatoms. The summed E-state index contributed by atoms with van der Waals surface area (Å²) in [5.41, 5.74) is 3.47. The monoisotopic (exact) mass is 506 g/mol. The molecule has 7 nitrogen and oxygen atoms in total. The minimum absolute atomic E-state index is 0.0940. The van der Waals surface area contributed by atoms with E-state index in [-0.39, 0.29) is 29.5 Å². The zero-order chi connectivity index (χ0) is 25.8. The van der Waals surface area contributed by atoms with Gasteiger partial charge in [0.25, 0.3) is 0 Å². The summed E-state index contributed by atoms with van der Waals surface area (Å²) >= 11 is 0. The SMILES string of the molecule is CCC(=N)C(C)(C)S(=O)(=O)C[C@H](C)c1cc(NC(=C2CC2)c2cnc(OCCF)cn2)ccc1F. The smallest absolute Gasteiger partial charge is 0.232 e. The van der Waals surface area contributed by atoms with Crippen LogP contribution in [0, 0.1) is 11.2 Å². The number of benzene rings is 1. The highest BCUT2D eigenvalue weighted by Crippen LogP contribution is 2.37. The third-order valence-electron chi connectivity index (χ3n) is 6.19. The van der Waals surface area contributed by atoms with Crippen LogP contribution >= 0.6 is 0 Å². The lowest BCUT2D eigenvalue weighted by Crippen LogP contribution is -2.42. The molecule has 0 bridgehead atoms. The van der Waals surface area contributed by atoms with Gasteiger partial charge >= 0.3 is 0 Å². The van der Waals surface area contributed by atoms with Crippen molar-refractivity contribution in [3.8, 4) is 5.88 Å². The van der Waals surface area contributed by atoms with Crippen molar-refractivity contribution in [2.24, 2.45) is 0 Å². The second kappa shape index (κ2) is 10.8. The molecule has 2 aromatic rings. The molecule has 1 saturated carbocycles. The molecule has 0 spiro atoms. The van der Waals surface area contributed by atoms with E-state index in [2.05, 4.69) is 15.3 Å². The normalized spacial score (nSPS) is 14.4. The van der Waals surface area contributed by atoms with Crippen LogP contribution in [0.1, 0.15) is 64.1 Å². The van der Waals surface area contributed by atoms with Crippen LogP contribution in [0.15, 0.2) is 36.2 Å². The zero-order valence-electron chi connectivity index (χ0n) is 20.5. The molecule has 0 radical (unpaired) electrons. The summed E-state index contributed by atoms with van der Waals surface area (Å²) in [6, 6.07) is 4.52. The fraction of sp³-hybridized carbons (Fsp3) is 0.480. The molecule has 1 fully saturated rings. The van der Waals surface area contributed by atoms with Crippen molar-refractivity contribution in [2.45, 2.75) is 57.6 Å². The summed E-state index contributed by atoms with van der Waals surface area (Å²) in [4.78, 5) is 8.52. The van der Waals surface area contributed by atoms with Gasteiger partial charge in [-0.2, -0.15) is 0 Å². The molecule has 0 unspecified atom stereocenters. The van der Waals surface area contributed by atoms with Crippen LogP contribution < -0.4 is 10.1 Å². The lowest BCUT2D eigenvalue weighted by Gasteiger charge is -2.27. The number of halogens is 2. The van der Waals surface area contributed by atoms with E-state index in [1.54, 1.807) is 26.0 Å². The van der Waals surface area contributed by atoms with E-state index in [0.29, 0.717) is 17.8 Å². The summed E-state index contributed by atoms with van der Waals surface area (Å²) in [5.74, 6) is -1.15.